The van der Waals surface area contributed by atoms with E-state index in [1.54, 1.807) is 6.92 Å². The lowest BCUT2D eigenvalue weighted by Crippen LogP contribution is -2.46. The Labute approximate surface area is 158 Å². The van der Waals surface area contributed by atoms with Gasteiger partial charge in [-0.25, -0.2) is 4.79 Å². The second-order valence-electron chi connectivity index (χ2n) is 8.24. The summed E-state index contributed by atoms with van der Waals surface area (Å²) < 4.78 is 0. The Balaban J connectivity index is 1.36. The zero-order valence-corrected chi connectivity index (χ0v) is 15.7. The highest BCUT2D eigenvalue weighted by atomic mass is 16.2. The summed E-state index contributed by atoms with van der Waals surface area (Å²) >= 11 is 0. The fraction of sp³-hybridized carbons (Fsp3) is 0.684. The van der Waals surface area contributed by atoms with Gasteiger partial charge in [0.1, 0.15) is 12.1 Å². The summed E-state index contributed by atoms with van der Waals surface area (Å²) in [5, 5.41) is 12.7. The molecule has 2 heterocycles. The molecule has 27 heavy (non-hydrogen) atoms. The molecule has 1 atom stereocenters. The molecule has 146 valence electrons. The van der Waals surface area contributed by atoms with Crippen LogP contribution in [0.15, 0.2) is 6.07 Å². The van der Waals surface area contributed by atoms with E-state index in [1.165, 1.54) is 25.7 Å². The van der Waals surface area contributed by atoms with E-state index >= 15 is 0 Å². The van der Waals surface area contributed by atoms with Crippen LogP contribution in [0.25, 0.3) is 0 Å². The number of nitrogens with zero attached hydrogens (tertiary/aromatic N) is 2. The van der Waals surface area contributed by atoms with E-state index in [0.717, 1.165) is 36.3 Å². The number of aromatic nitrogens is 2. The summed E-state index contributed by atoms with van der Waals surface area (Å²) in [6.07, 6.45) is 9.13. The first-order chi connectivity index (χ1) is 13.0. The van der Waals surface area contributed by atoms with Gasteiger partial charge in [-0.15, -0.1) is 0 Å². The number of carbonyl (C=O) groups excluding carboxylic acids is 3. The Kier molecular flexibility index (Phi) is 4.65. The number of aromatic amines is 1. The Morgan fingerprint density at radius 2 is 1.93 bits per heavy atom. The average molecular weight is 373 g/mol. The molecule has 8 nitrogen and oxygen atoms in total. The van der Waals surface area contributed by atoms with Crippen LogP contribution >= 0.6 is 0 Å². The van der Waals surface area contributed by atoms with Crippen LogP contribution in [0.3, 0.4) is 0 Å². The third-order valence-corrected chi connectivity index (χ3v) is 6.16. The van der Waals surface area contributed by atoms with Gasteiger partial charge in [-0.3, -0.25) is 19.6 Å². The third kappa shape index (κ3) is 3.57. The van der Waals surface area contributed by atoms with Gasteiger partial charge >= 0.3 is 6.03 Å². The summed E-state index contributed by atoms with van der Waals surface area (Å²) in [5.74, 6) is 0.339. The number of anilines is 1. The van der Waals surface area contributed by atoms with Crippen LogP contribution in [0.5, 0.6) is 0 Å². The average Bonchev–Trinajstić information content (AvgIpc) is 3.41. The van der Waals surface area contributed by atoms with Crippen molar-refractivity contribution in [3.8, 4) is 0 Å². The summed E-state index contributed by atoms with van der Waals surface area (Å²) in [6, 6.07) is 1.37. The normalized spacial score (nSPS) is 26.8. The predicted octanol–water partition coefficient (Wildman–Crippen LogP) is 2.51. The van der Waals surface area contributed by atoms with Crippen LogP contribution in [0.4, 0.5) is 10.6 Å². The molecule has 3 aliphatic rings. The number of H-pyrrole nitrogens is 1. The van der Waals surface area contributed by atoms with Gasteiger partial charge < -0.3 is 10.6 Å². The van der Waals surface area contributed by atoms with Gasteiger partial charge in [-0.2, -0.15) is 5.10 Å². The molecular weight excluding hydrogens is 346 g/mol. The highest BCUT2D eigenvalue weighted by Crippen LogP contribution is 2.42. The van der Waals surface area contributed by atoms with Gasteiger partial charge in [0, 0.05) is 17.7 Å². The van der Waals surface area contributed by atoms with Crippen molar-refractivity contribution in [1.82, 2.24) is 20.4 Å². The largest absolute Gasteiger partial charge is 0.325 e. The molecule has 3 N–H and O–H groups in total. The molecule has 1 saturated heterocycles. The number of carbonyl (C=O) groups is 3. The molecular formula is C19H27N5O3. The number of imide groups is 1. The van der Waals surface area contributed by atoms with Crippen LogP contribution in [0, 0.1) is 5.92 Å². The second-order valence-corrected chi connectivity index (χ2v) is 8.24. The van der Waals surface area contributed by atoms with Crippen molar-refractivity contribution in [2.24, 2.45) is 5.92 Å². The SMILES string of the molecule is CC1(C2CC2)NC(=O)N(CC(=O)Nc2cc(C3CCCCCC3)[nH]n2)C1=O. The zero-order chi connectivity index (χ0) is 19.0. The van der Waals surface area contributed by atoms with Crippen LogP contribution in [-0.4, -0.2) is 45.0 Å². The zero-order valence-electron chi connectivity index (χ0n) is 15.7. The van der Waals surface area contributed by atoms with E-state index in [9.17, 15) is 14.4 Å². The second kappa shape index (κ2) is 6.98. The van der Waals surface area contributed by atoms with E-state index in [0.29, 0.717) is 11.7 Å². The fourth-order valence-electron chi connectivity index (χ4n) is 4.32. The maximum absolute atomic E-state index is 12.6. The molecule has 0 spiro atoms. The van der Waals surface area contributed by atoms with E-state index in [1.807, 2.05) is 6.07 Å². The molecule has 3 fully saturated rings. The molecule has 4 rings (SSSR count). The first-order valence-corrected chi connectivity index (χ1v) is 9.96. The first-order valence-electron chi connectivity index (χ1n) is 9.96. The number of rotatable bonds is 5. The number of hydrogen-bond donors (Lipinski definition) is 3. The number of hydrogen-bond acceptors (Lipinski definition) is 4. The quantitative estimate of drug-likeness (QED) is 0.544. The summed E-state index contributed by atoms with van der Waals surface area (Å²) in [4.78, 5) is 38.1. The van der Waals surface area contributed by atoms with Crippen molar-refractivity contribution in [3.63, 3.8) is 0 Å². The summed E-state index contributed by atoms with van der Waals surface area (Å²) in [6.45, 7) is 1.45. The molecule has 1 aromatic heterocycles. The Hall–Kier alpha value is -2.38. The van der Waals surface area contributed by atoms with Crippen LogP contribution in [0.2, 0.25) is 0 Å². The molecule has 8 heteroatoms. The maximum atomic E-state index is 12.6. The van der Waals surface area contributed by atoms with Gasteiger partial charge in [0.15, 0.2) is 5.82 Å². The van der Waals surface area contributed by atoms with Crippen molar-refractivity contribution >= 4 is 23.7 Å². The monoisotopic (exact) mass is 373 g/mol. The van der Waals surface area contributed by atoms with Crippen LogP contribution < -0.4 is 10.6 Å². The Bertz CT molecular complexity index is 748. The van der Waals surface area contributed by atoms with Gasteiger partial charge in [-0.1, -0.05) is 25.7 Å². The van der Waals surface area contributed by atoms with Crippen molar-refractivity contribution in [1.29, 1.82) is 0 Å². The van der Waals surface area contributed by atoms with Crippen LogP contribution in [0.1, 0.15) is 69.9 Å². The van der Waals surface area contributed by atoms with Gasteiger partial charge in [-0.05, 0) is 38.5 Å². The van der Waals surface area contributed by atoms with Crippen molar-refractivity contribution < 1.29 is 14.4 Å². The van der Waals surface area contributed by atoms with E-state index < -0.39 is 17.5 Å². The first kappa shape index (κ1) is 18.0. The highest BCUT2D eigenvalue weighted by molar-refractivity contribution is 6.10. The standard InChI is InChI=1S/C19H27N5O3/c1-19(13-8-9-13)17(26)24(18(27)21-19)11-16(25)20-15-10-14(22-23-15)12-6-4-2-3-5-7-12/h10,12-13H,2-9,11H2,1H3,(H,21,27)(H2,20,22,23,25). The van der Waals surface area contributed by atoms with Crippen molar-refractivity contribution in [2.75, 3.05) is 11.9 Å². The molecule has 1 aliphatic heterocycles. The molecule has 2 aliphatic carbocycles. The molecule has 2 saturated carbocycles. The lowest BCUT2D eigenvalue weighted by atomic mass is 9.96. The number of nitrogens with one attached hydrogen (secondary N) is 3. The number of urea groups is 1. The lowest BCUT2D eigenvalue weighted by molar-refractivity contribution is -0.134. The minimum absolute atomic E-state index is 0.176. The molecule has 4 amide bonds. The van der Waals surface area contributed by atoms with Gasteiger partial charge in [0.2, 0.25) is 5.91 Å². The molecule has 1 aromatic rings. The Morgan fingerprint density at radius 1 is 1.22 bits per heavy atom. The van der Waals surface area contributed by atoms with E-state index in [-0.39, 0.29) is 18.4 Å². The van der Waals surface area contributed by atoms with E-state index in [4.69, 9.17) is 0 Å². The minimum atomic E-state index is -0.865. The fourth-order valence-corrected chi connectivity index (χ4v) is 4.32. The predicted molar refractivity (Wildman–Crippen MR) is 99.0 cm³/mol. The highest BCUT2D eigenvalue weighted by Gasteiger charge is 2.56. The van der Waals surface area contributed by atoms with E-state index in [2.05, 4.69) is 20.8 Å². The van der Waals surface area contributed by atoms with Crippen molar-refractivity contribution in [2.45, 2.75) is 69.7 Å². The molecule has 1 unspecified atom stereocenters. The smallest absolute Gasteiger partial charge is 0.323 e. The molecule has 0 radical (unpaired) electrons. The summed E-state index contributed by atoms with van der Waals surface area (Å²) in [5.41, 5.74) is 0.180. The molecule has 0 aromatic carbocycles. The van der Waals surface area contributed by atoms with Crippen LogP contribution in [-0.2, 0) is 9.59 Å². The third-order valence-electron chi connectivity index (χ3n) is 6.16. The van der Waals surface area contributed by atoms with Gasteiger partial charge in [0.25, 0.3) is 5.91 Å². The summed E-state index contributed by atoms with van der Waals surface area (Å²) in [7, 11) is 0. The van der Waals surface area contributed by atoms with Gasteiger partial charge in [0.05, 0.1) is 0 Å². The topological polar surface area (TPSA) is 107 Å². The minimum Gasteiger partial charge on any atom is -0.323 e. The van der Waals surface area contributed by atoms with Crippen molar-refractivity contribution in [3.05, 3.63) is 11.8 Å². The lowest BCUT2D eigenvalue weighted by Gasteiger charge is -2.20. The molecule has 0 bridgehead atoms. The maximum Gasteiger partial charge on any atom is 0.325 e. The Morgan fingerprint density at radius 3 is 2.59 bits per heavy atom. The number of amides is 4.